The molecule has 0 aromatic heterocycles. The summed E-state index contributed by atoms with van der Waals surface area (Å²) in [6, 6.07) is 13.8. The van der Waals surface area contributed by atoms with E-state index >= 15 is 0 Å². The van der Waals surface area contributed by atoms with Gasteiger partial charge in [-0.15, -0.1) is 0 Å². The number of halogens is 1. The van der Waals surface area contributed by atoms with Crippen molar-refractivity contribution in [2.24, 2.45) is 0 Å². The lowest BCUT2D eigenvalue weighted by atomic mass is 10.2. The zero-order chi connectivity index (χ0) is 17.4. The summed E-state index contributed by atoms with van der Waals surface area (Å²) in [6.07, 6.45) is 3.01. The normalized spacial score (nSPS) is 10.2. The van der Waals surface area contributed by atoms with E-state index in [0.29, 0.717) is 23.4 Å². The number of esters is 1. The van der Waals surface area contributed by atoms with Gasteiger partial charge in [-0.1, -0.05) is 41.8 Å². The molecule has 0 aliphatic carbocycles. The number of ether oxygens (including phenoxy) is 1. The number of hydrogen-bond acceptors (Lipinski definition) is 3. The van der Waals surface area contributed by atoms with Crippen LogP contribution >= 0.6 is 15.9 Å². The Morgan fingerprint density at radius 1 is 1.04 bits per heavy atom. The van der Waals surface area contributed by atoms with Crippen LogP contribution in [0, 0.1) is 0 Å². The number of carbonyl (C=O) groups excluding carboxylic acids is 2. The van der Waals surface area contributed by atoms with E-state index < -0.39 is 0 Å². The van der Waals surface area contributed by atoms with Crippen molar-refractivity contribution < 1.29 is 14.3 Å². The number of anilines is 1. The van der Waals surface area contributed by atoms with E-state index in [1.807, 2.05) is 6.07 Å². The third-order valence-corrected chi connectivity index (χ3v) is 3.94. The lowest BCUT2D eigenvalue weighted by molar-refractivity contribution is 0.0498. The molecule has 24 heavy (non-hydrogen) atoms. The monoisotopic (exact) mass is 389 g/mol. The molecule has 0 saturated carbocycles. The summed E-state index contributed by atoms with van der Waals surface area (Å²) in [6.45, 7) is 2.54. The zero-order valence-corrected chi connectivity index (χ0v) is 15.1. The van der Waals surface area contributed by atoms with Gasteiger partial charge in [-0.3, -0.25) is 4.79 Å². The average Bonchev–Trinajstić information content (AvgIpc) is 2.59. The van der Waals surface area contributed by atoms with Crippen LogP contribution in [0.1, 0.15) is 46.9 Å². The first-order valence-corrected chi connectivity index (χ1v) is 8.73. The summed E-state index contributed by atoms with van der Waals surface area (Å²) in [5.41, 5.74) is 1.67. The number of amides is 1. The highest BCUT2D eigenvalue weighted by Crippen LogP contribution is 2.15. The molecule has 0 unspecified atom stereocenters. The maximum atomic E-state index is 12.2. The second-order valence-electron chi connectivity index (χ2n) is 5.38. The smallest absolute Gasteiger partial charge is 0.338 e. The van der Waals surface area contributed by atoms with Crippen molar-refractivity contribution in [2.45, 2.75) is 26.2 Å². The van der Waals surface area contributed by atoms with Crippen molar-refractivity contribution in [3.63, 3.8) is 0 Å². The molecule has 5 heteroatoms. The molecule has 2 aromatic rings. The molecule has 0 aliphatic heterocycles. The summed E-state index contributed by atoms with van der Waals surface area (Å²) in [4.78, 5) is 24.0. The van der Waals surface area contributed by atoms with E-state index in [9.17, 15) is 9.59 Å². The quantitative estimate of drug-likeness (QED) is 0.532. The molecule has 4 nitrogen and oxygen atoms in total. The molecule has 126 valence electrons. The van der Waals surface area contributed by atoms with Gasteiger partial charge in [-0.05, 0) is 48.9 Å². The van der Waals surface area contributed by atoms with Crippen LogP contribution in [0.4, 0.5) is 5.69 Å². The van der Waals surface area contributed by atoms with Gasteiger partial charge < -0.3 is 10.1 Å². The summed E-state index contributed by atoms with van der Waals surface area (Å²) in [5, 5.41) is 2.80. The van der Waals surface area contributed by atoms with Crippen LogP contribution in [-0.2, 0) is 4.74 Å². The average molecular weight is 390 g/mol. The maximum Gasteiger partial charge on any atom is 0.338 e. The van der Waals surface area contributed by atoms with Gasteiger partial charge in [0.2, 0.25) is 0 Å². The largest absolute Gasteiger partial charge is 0.462 e. The molecule has 0 atom stereocenters. The molecular weight excluding hydrogens is 370 g/mol. The molecular formula is C19H20BrNO3. The number of unbranched alkanes of at least 4 members (excludes halogenated alkanes) is 2. The minimum Gasteiger partial charge on any atom is -0.462 e. The summed E-state index contributed by atoms with van der Waals surface area (Å²) >= 11 is 3.34. The highest BCUT2D eigenvalue weighted by Gasteiger charge is 2.09. The Morgan fingerprint density at radius 2 is 1.79 bits per heavy atom. The topological polar surface area (TPSA) is 55.4 Å². The number of benzene rings is 2. The van der Waals surface area contributed by atoms with Crippen LogP contribution in [0.2, 0.25) is 0 Å². The SMILES string of the molecule is CCCCCOC(=O)c1ccc(NC(=O)c2cccc(Br)c2)cc1. The maximum absolute atomic E-state index is 12.2. The molecule has 0 saturated heterocycles. The Hall–Kier alpha value is -2.14. The van der Waals surface area contributed by atoms with Gasteiger partial charge in [0.1, 0.15) is 0 Å². The Labute approximate surface area is 150 Å². The van der Waals surface area contributed by atoms with Crippen molar-refractivity contribution in [3.05, 3.63) is 64.1 Å². The van der Waals surface area contributed by atoms with Gasteiger partial charge in [0.25, 0.3) is 5.91 Å². The van der Waals surface area contributed by atoms with E-state index in [2.05, 4.69) is 28.2 Å². The first kappa shape index (κ1) is 18.2. The van der Waals surface area contributed by atoms with Gasteiger partial charge >= 0.3 is 5.97 Å². The summed E-state index contributed by atoms with van der Waals surface area (Å²) < 4.78 is 6.05. The lowest BCUT2D eigenvalue weighted by Gasteiger charge is -2.07. The molecule has 0 radical (unpaired) electrons. The fourth-order valence-electron chi connectivity index (χ4n) is 2.12. The minimum absolute atomic E-state index is 0.203. The zero-order valence-electron chi connectivity index (χ0n) is 13.5. The Bertz CT molecular complexity index is 698. The van der Waals surface area contributed by atoms with Crippen LogP contribution in [0.15, 0.2) is 53.0 Å². The molecule has 0 heterocycles. The molecule has 2 aromatic carbocycles. The molecule has 0 bridgehead atoms. The fraction of sp³-hybridized carbons (Fsp3) is 0.263. The third kappa shape index (κ3) is 5.49. The summed E-state index contributed by atoms with van der Waals surface area (Å²) in [5.74, 6) is -0.540. The van der Waals surface area contributed by atoms with Gasteiger partial charge in [0, 0.05) is 15.7 Å². The van der Waals surface area contributed by atoms with Crippen LogP contribution in [0.25, 0.3) is 0 Å². The van der Waals surface area contributed by atoms with Gasteiger partial charge in [0.05, 0.1) is 12.2 Å². The predicted octanol–water partition coefficient (Wildman–Crippen LogP) is 5.05. The highest BCUT2D eigenvalue weighted by molar-refractivity contribution is 9.10. The third-order valence-electron chi connectivity index (χ3n) is 3.45. The Morgan fingerprint density at radius 3 is 2.46 bits per heavy atom. The van der Waals surface area contributed by atoms with Gasteiger partial charge in [-0.25, -0.2) is 4.79 Å². The van der Waals surface area contributed by atoms with Crippen molar-refractivity contribution in [2.75, 3.05) is 11.9 Å². The van der Waals surface area contributed by atoms with Crippen molar-refractivity contribution in [1.29, 1.82) is 0 Å². The minimum atomic E-state index is -0.337. The molecule has 0 aliphatic rings. The van der Waals surface area contributed by atoms with Gasteiger partial charge in [0.15, 0.2) is 0 Å². The predicted molar refractivity (Wildman–Crippen MR) is 98.3 cm³/mol. The van der Waals surface area contributed by atoms with E-state index in [1.54, 1.807) is 42.5 Å². The second kappa shape index (κ2) is 9.23. The molecule has 1 amide bonds. The highest BCUT2D eigenvalue weighted by atomic mass is 79.9. The van der Waals surface area contributed by atoms with Crippen molar-refractivity contribution >= 4 is 33.5 Å². The van der Waals surface area contributed by atoms with Gasteiger partial charge in [-0.2, -0.15) is 0 Å². The first-order valence-electron chi connectivity index (χ1n) is 7.94. The van der Waals surface area contributed by atoms with E-state index in [-0.39, 0.29) is 11.9 Å². The van der Waals surface area contributed by atoms with Crippen LogP contribution in [0.5, 0.6) is 0 Å². The Balaban J connectivity index is 1.92. The van der Waals surface area contributed by atoms with E-state index in [4.69, 9.17) is 4.74 Å². The number of carbonyl (C=O) groups is 2. The molecule has 0 spiro atoms. The number of hydrogen-bond donors (Lipinski definition) is 1. The van der Waals surface area contributed by atoms with Crippen LogP contribution < -0.4 is 5.32 Å². The molecule has 0 fully saturated rings. The Kier molecular flexibility index (Phi) is 7.00. The van der Waals surface area contributed by atoms with Crippen molar-refractivity contribution in [3.8, 4) is 0 Å². The number of rotatable bonds is 7. The van der Waals surface area contributed by atoms with Crippen LogP contribution in [-0.4, -0.2) is 18.5 Å². The van der Waals surface area contributed by atoms with Crippen LogP contribution in [0.3, 0.4) is 0 Å². The van der Waals surface area contributed by atoms with Crippen molar-refractivity contribution in [1.82, 2.24) is 0 Å². The number of nitrogens with one attached hydrogen (secondary N) is 1. The standard InChI is InChI=1S/C19H20BrNO3/c1-2-3-4-12-24-19(23)14-8-10-17(11-9-14)21-18(22)15-6-5-7-16(20)13-15/h5-11,13H,2-4,12H2,1H3,(H,21,22). The van der Waals surface area contributed by atoms with E-state index in [0.717, 1.165) is 23.7 Å². The second-order valence-corrected chi connectivity index (χ2v) is 6.30. The fourth-order valence-corrected chi connectivity index (χ4v) is 2.52. The molecule has 2 rings (SSSR count). The first-order chi connectivity index (χ1) is 11.6. The summed E-state index contributed by atoms with van der Waals surface area (Å²) in [7, 11) is 0. The lowest BCUT2D eigenvalue weighted by Crippen LogP contribution is -2.12. The molecule has 1 N–H and O–H groups in total. The van der Waals surface area contributed by atoms with E-state index in [1.165, 1.54) is 0 Å².